The second-order valence-electron chi connectivity index (χ2n) is 12.1. The van der Waals surface area contributed by atoms with Gasteiger partial charge in [0, 0.05) is 37.6 Å². The predicted molar refractivity (Wildman–Crippen MR) is 161 cm³/mol. The van der Waals surface area contributed by atoms with Crippen molar-refractivity contribution in [3.05, 3.63) is 90.1 Å². The van der Waals surface area contributed by atoms with Crippen LogP contribution in [-0.2, 0) is 22.1 Å². The minimum Gasteiger partial charge on any atom is -0.366 e. The molecular weight excluding hydrogens is 510 g/mol. The molecule has 2 atom stereocenters. The van der Waals surface area contributed by atoms with Gasteiger partial charge in [0.05, 0.1) is 25.1 Å². The Bertz CT molecular complexity index is 1590. The summed E-state index contributed by atoms with van der Waals surface area (Å²) in [6.07, 6.45) is 5.57. The molecule has 3 heterocycles. The predicted octanol–water partition coefficient (Wildman–Crippen LogP) is 5.45. The monoisotopic (exact) mass is 547 g/mol. The molecule has 41 heavy (non-hydrogen) atoms. The molecule has 1 amide bonds. The highest BCUT2D eigenvalue weighted by molar-refractivity contribution is 6.15. The summed E-state index contributed by atoms with van der Waals surface area (Å²) in [6, 6.07) is 24.8. The van der Waals surface area contributed by atoms with Crippen molar-refractivity contribution in [1.29, 1.82) is 0 Å². The third-order valence-electron chi connectivity index (χ3n) is 8.94. The number of likely N-dealkylation sites (tertiary alicyclic amines) is 1. The van der Waals surface area contributed by atoms with Gasteiger partial charge in [0.15, 0.2) is 5.54 Å². The van der Waals surface area contributed by atoms with Crippen LogP contribution >= 0.6 is 0 Å². The van der Waals surface area contributed by atoms with Crippen molar-refractivity contribution < 1.29 is 9.53 Å². The van der Waals surface area contributed by atoms with Crippen LogP contribution in [0.25, 0.3) is 22.0 Å². The van der Waals surface area contributed by atoms with Gasteiger partial charge in [-0.3, -0.25) is 19.3 Å². The molecule has 0 bridgehead atoms. The summed E-state index contributed by atoms with van der Waals surface area (Å²) in [4.78, 5) is 23.6. The minimum absolute atomic E-state index is 0.0493. The zero-order valence-corrected chi connectivity index (χ0v) is 23.9. The van der Waals surface area contributed by atoms with Gasteiger partial charge < -0.3 is 4.74 Å². The number of carbonyl (C=O) groups is 1. The Morgan fingerprint density at radius 3 is 2.46 bits per heavy atom. The molecule has 3 aliphatic rings. The number of aryl methyl sites for hydroxylation is 1. The summed E-state index contributed by atoms with van der Waals surface area (Å²) >= 11 is 0. The number of nitrogens with zero attached hydrogens (tertiary/aromatic N) is 5. The second-order valence-corrected chi connectivity index (χ2v) is 12.1. The number of aromatic nitrogens is 2. The standard InChI is InChI=1S/C34H37N5O2/c1-34(30-6-4-3-5-7-30)33(40)39(21-25-16-17-38(20-25)23-41-22-24-8-9-24)32(36-34)27-12-10-26(11-13-27)28-14-15-31-29(18-28)19-35-37(31)2/h3-7,10-15,18-19,24-25H,8-9,16-17,20-23H2,1-2H3. The molecule has 1 saturated heterocycles. The molecule has 1 saturated carbocycles. The van der Waals surface area contributed by atoms with Crippen molar-refractivity contribution in [3.8, 4) is 11.1 Å². The summed E-state index contributed by atoms with van der Waals surface area (Å²) in [5.74, 6) is 1.97. The first-order chi connectivity index (χ1) is 20.0. The molecule has 4 aromatic rings. The average Bonchev–Trinajstić information content (AvgIpc) is 3.51. The molecule has 1 aromatic heterocycles. The number of ether oxygens (including phenoxy) is 1. The fraction of sp³-hybridized carbons (Fsp3) is 0.382. The maximum absolute atomic E-state index is 14.1. The molecule has 210 valence electrons. The molecule has 0 radical (unpaired) electrons. The molecule has 2 unspecified atom stereocenters. The molecule has 1 aliphatic carbocycles. The van der Waals surface area contributed by atoms with Crippen molar-refractivity contribution >= 4 is 22.6 Å². The first-order valence-corrected chi connectivity index (χ1v) is 14.8. The van der Waals surface area contributed by atoms with Gasteiger partial charge >= 0.3 is 0 Å². The molecule has 7 rings (SSSR count). The van der Waals surface area contributed by atoms with E-state index in [1.165, 1.54) is 12.8 Å². The zero-order valence-electron chi connectivity index (χ0n) is 23.9. The molecule has 0 spiro atoms. The summed E-state index contributed by atoms with van der Waals surface area (Å²) in [6.45, 7) is 6.14. The SMILES string of the molecule is Cn1ncc2cc(-c3ccc(C4=NC(C)(c5ccccc5)C(=O)N4CC4CCN(COCC5CC5)C4)cc3)ccc21. The molecule has 7 nitrogen and oxygen atoms in total. The lowest BCUT2D eigenvalue weighted by atomic mass is 9.92. The van der Waals surface area contributed by atoms with Crippen LogP contribution < -0.4 is 0 Å². The van der Waals surface area contributed by atoms with Crippen LogP contribution in [0.2, 0.25) is 0 Å². The third kappa shape index (κ3) is 5.09. The number of hydrogen-bond acceptors (Lipinski definition) is 5. The Morgan fingerprint density at radius 1 is 0.927 bits per heavy atom. The van der Waals surface area contributed by atoms with Gasteiger partial charge in [0.2, 0.25) is 0 Å². The number of aliphatic imine (C=N–C) groups is 1. The van der Waals surface area contributed by atoms with Crippen molar-refractivity contribution in [2.45, 2.75) is 31.7 Å². The fourth-order valence-corrected chi connectivity index (χ4v) is 6.24. The number of amides is 1. The van der Waals surface area contributed by atoms with Crippen LogP contribution in [0.1, 0.15) is 37.3 Å². The van der Waals surface area contributed by atoms with Gasteiger partial charge in [-0.1, -0.05) is 60.7 Å². The van der Waals surface area contributed by atoms with E-state index in [9.17, 15) is 4.79 Å². The van der Waals surface area contributed by atoms with E-state index >= 15 is 0 Å². The summed E-state index contributed by atoms with van der Waals surface area (Å²) in [7, 11) is 1.96. The minimum atomic E-state index is -0.938. The van der Waals surface area contributed by atoms with Crippen LogP contribution in [0.15, 0.2) is 84.0 Å². The Balaban J connectivity index is 1.14. The Hall–Kier alpha value is -3.81. The summed E-state index contributed by atoms with van der Waals surface area (Å²) in [5, 5.41) is 5.49. The zero-order chi connectivity index (χ0) is 28.0. The van der Waals surface area contributed by atoms with Crippen LogP contribution in [0, 0.1) is 11.8 Å². The maximum Gasteiger partial charge on any atom is 0.260 e. The van der Waals surface area contributed by atoms with Gasteiger partial charge in [-0.15, -0.1) is 0 Å². The van der Waals surface area contributed by atoms with Crippen LogP contribution in [0.3, 0.4) is 0 Å². The molecule has 2 fully saturated rings. The topological polar surface area (TPSA) is 63.0 Å². The van der Waals surface area contributed by atoms with Crippen LogP contribution in [0.4, 0.5) is 0 Å². The van der Waals surface area contributed by atoms with Gasteiger partial charge in [0.1, 0.15) is 5.84 Å². The average molecular weight is 548 g/mol. The van der Waals surface area contributed by atoms with Crippen LogP contribution in [0.5, 0.6) is 0 Å². The van der Waals surface area contributed by atoms with E-state index in [1.54, 1.807) is 0 Å². The lowest BCUT2D eigenvalue weighted by Gasteiger charge is -2.26. The Kier molecular flexibility index (Phi) is 6.72. The van der Waals surface area contributed by atoms with Crippen molar-refractivity contribution in [2.75, 3.05) is 33.0 Å². The van der Waals surface area contributed by atoms with E-state index in [0.29, 0.717) is 19.2 Å². The molecule has 3 aromatic carbocycles. The second kappa shape index (κ2) is 10.5. The van der Waals surface area contributed by atoms with E-state index < -0.39 is 5.54 Å². The summed E-state index contributed by atoms with van der Waals surface area (Å²) < 4.78 is 7.84. The smallest absolute Gasteiger partial charge is 0.260 e. The van der Waals surface area contributed by atoms with E-state index in [-0.39, 0.29) is 5.91 Å². The largest absolute Gasteiger partial charge is 0.366 e. The quantitative estimate of drug-likeness (QED) is 0.280. The van der Waals surface area contributed by atoms with Gasteiger partial charge in [-0.2, -0.15) is 5.10 Å². The van der Waals surface area contributed by atoms with Crippen molar-refractivity contribution in [3.63, 3.8) is 0 Å². The van der Waals surface area contributed by atoms with Gasteiger partial charge in [0.25, 0.3) is 5.91 Å². The number of amidine groups is 1. The van der Waals surface area contributed by atoms with E-state index in [4.69, 9.17) is 9.73 Å². The number of fused-ring (bicyclic) bond motifs is 1. The van der Waals surface area contributed by atoms with E-state index in [1.807, 2.05) is 60.1 Å². The molecule has 0 N–H and O–H groups in total. The van der Waals surface area contributed by atoms with Crippen molar-refractivity contribution in [1.82, 2.24) is 19.6 Å². The lowest BCUT2D eigenvalue weighted by Crippen LogP contribution is -2.42. The Labute approximate surface area is 241 Å². The maximum atomic E-state index is 14.1. The molecule has 7 heteroatoms. The molecule has 2 aliphatic heterocycles. The van der Waals surface area contributed by atoms with Gasteiger partial charge in [-0.25, -0.2) is 4.99 Å². The van der Waals surface area contributed by atoms with E-state index in [2.05, 4.69) is 52.5 Å². The highest BCUT2D eigenvalue weighted by Gasteiger charge is 2.47. The first-order valence-electron chi connectivity index (χ1n) is 14.8. The third-order valence-corrected chi connectivity index (χ3v) is 8.94. The number of carbonyl (C=O) groups excluding carboxylic acids is 1. The fourth-order valence-electron chi connectivity index (χ4n) is 6.24. The highest BCUT2D eigenvalue weighted by atomic mass is 16.5. The highest BCUT2D eigenvalue weighted by Crippen LogP contribution is 2.36. The first kappa shape index (κ1) is 26.1. The number of benzene rings is 3. The summed E-state index contributed by atoms with van der Waals surface area (Å²) in [5.41, 5.74) is 4.33. The van der Waals surface area contributed by atoms with Crippen molar-refractivity contribution in [2.24, 2.45) is 23.9 Å². The normalized spacial score (nSPS) is 23.1. The number of hydrogen-bond donors (Lipinski definition) is 0. The Morgan fingerprint density at radius 2 is 1.68 bits per heavy atom. The number of rotatable bonds is 9. The molecular formula is C34H37N5O2. The van der Waals surface area contributed by atoms with E-state index in [0.717, 1.165) is 71.0 Å². The van der Waals surface area contributed by atoms with Crippen LogP contribution in [-0.4, -0.2) is 64.3 Å². The lowest BCUT2D eigenvalue weighted by molar-refractivity contribution is -0.131. The van der Waals surface area contributed by atoms with Gasteiger partial charge in [-0.05, 0) is 66.8 Å².